The predicted molar refractivity (Wildman–Crippen MR) is 116 cm³/mol. The minimum atomic E-state index is -0.135. The molecular formula is C18H32IN5O2. The van der Waals surface area contributed by atoms with Crippen LogP contribution in [0.5, 0.6) is 0 Å². The average Bonchev–Trinajstić information content (AvgIpc) is 2.58. The lowest BCUT2D eigenvalue weighted by atomic mass is 9.89. The van der Waals surface area contributed by atoms with Gasteiger partial charge in [0.25, 0.3) is 5.91 Å². The highest BCUT2D eigenvalue weighted by Crippen LogP contribution is 2.21. The minimum absolute atomic E-state index is 0. The summed E-state index contributed by atoms with van der Waals surface area (Å²) >= 11 is 0. The van der Waals surface area contributed by atoms with E-state index in [4.69, 9.17) is 4.74 Å². The van der Waals surface area contributed by atoms with E-state index in [2.05, 4.69) is 46.7 Å². The first-order valence-corrected chi connectivity index (χ1v) is 8.61. The lowest BCUT2D eigenvalue weighted by Crippen LogP contribution is -2.42. The second-order valence-corrected chi connectivity index (χ2v) is 6.73. The van der Waals surface area contributed by atoms with Crippen LogP contribution < -0.4 is 16.0 Å². The van der Waals surface area contributed by atoms with Crippen molar-refractivity contribution in [2.24, 2.45) is 10.4 Å². The zero-order valence-corrected chi connectivity index (χ0v) is 18.7. The number of hydrogen-bond donors (Lipinski definition) is 3. The Kier molecular flexibility index (Phi) is 12.2. The summed E-state index contributed by atoms with van der Waals surface area (Å²) in [7, 11) is 1.71. The van der Waals surface area contributed by atoms with Crippen molar-refractivity contribution in [3.8, 4) is 0 Å². The molecule has 1 aromatic heterocycles. The van der Waals surface area contributed by atoms with Crippen molar-refractivity contribution in [3.63, 3.8) is 0 Å². The van der Waals surface area contributed by atoms with Crippen molar-refractivity contribution in [1.29, 1.82) is 0 Å². The van der Waals surface area contributed by atoms with E-state index >= 15 is 0 Å². The highest BCUT2D eigenvalue weighted by atomic mass is 127. The molecule has 0 saturated heterocycles. The molecule has 0 aliphatic carbocycles. The molecule has 0 bridgehead atoms. The summed E-state index contributed by atoms with van der Waals surface area (Å²) in [5.41, 5.74) is 0.573. The molecule has 0 aromatic carbocycles. The molecule has 0 fully saturated rings. The quantitative estimate of drug-likeness (QED) is 0.231. The van der Waals surface area contributed by atoms with Crippen LogP contribution in [0.25, 0.3) is 0 Å². The first-order valence-electron chi connectivity index (χ1n) is 8.61. The third kappa shape index (κ3) is 9.33. The molecule has 8 heteroatoms. The first-order chi connectivity index (χ1) is 11.9. The molecule has 26 heavy (non-hydrogen) atoms. The topological polar surface area (TPSA) is 87.6 Å². The van der Waals surface area contributed by atoms with E-state index in [1.54, 1.807) is 31.6 Å². The van der Waals surface area contributed by atoms with Crippen LogP contribution in [-0.2, 0) is 4.74 Å². The van der Waals surface area contributed by atoms with Crippen molar-refractivity contribution in [2.45, 2.75) is 33.8 Å². The summed E-state index contributed by atoms with van der Waals surface area (Å²) in [4.78, 5) is 20.4. The van der Waals surface area contributed by atoms with E-state index in [9.17, 15) is 4.79 Å². The normalized spacial score (nSPS) is 12.7. The SMILES string of the molecule is CCNC(=NCC(OC)C(C)(C)C)NCCNC(=O)c1cccnc1.I. The molecule has 3 N–H and O–H groups in total. The maximum absolute atomic E-state index is 11.9. The van der Waals surface area contributed by atoms with Crippen LogP contribution in [0.15, 0.2) is 29.5 Å². The van der Waals surface area contributed by atoms with Crippen LogP contribution >= 0.6 is 24.0 Å². The molecule has 0 saturated carbocycles. The number of aliphatic imine (C=N–C) groups is 1. The Bertz CT molecular complexity index is 546. The van der Waals surface area contributed by atoms with Crippen LogP contribution in [0.2, 0.25) is 0 Å². The van der Waals surface area contributed by atoms with Crippen molar-refractivity contribution in [1.82, 2.24) is 20.9 Å². The van der Waals surface area contributed by atoms with Crippen LogP contribution in [0.4, 0.5) is 0 Å². The number of ether oxygens (including phenoxy) is 1. The van der Waals surface area contributed by atoms with Gasteiger partial charge in [0.05, 0.1) is 18.2 Å². The van der Waals surface area contributed by atoms with E-state index in [1.165, 1.54) is 0 Å². The van der Waals surface area contributed by atoms with Gasteiger partial charge in [-0.25, -0.2) is 0 Å². The number of rotatable bonds is 8. The number of guanidine groups is 1. The van der Waals surface area contributed by atoms with Gasteiger partial charge in [0, 0.05) is 39.1 Å². The first kappa shape index (κ1) is 24.6. The molecule has 1 heterocycles. The Hall–Kier alpha value is -1.42. The zero-order valence-electron chi connectivity index (χ0n) is 16.3. The van der Waals surface area contributed by atoms with Gasteiger partial charge in [-0.15, -0.1) is 24.0 Å². The Labute approximate surface area is 173 Å². The summed E-state index contributed by atoms with van der Waals surface area (Å²) in [6.07, 6.45) is 3.22. The van der Waals surface area contributed by atoms with E-state index in [-0.39, 0.29) is 41.4 Å². The van der Waals surface area contributed by atoms with Gasteiger partial charge >= 0.3 is 0 Å². The number of carbonyl (C=O) groups is 1. The molecule has 7 nitrogen and oxygen atoms in total. The monoisotopic (exact) mass is 477 g/mol. The van der Waals surface area contributed by atoms with Gasteiger partial charge < -0.3 is 20.7 Å². The number of pyridine rings is 1. The molecular weight excluding hydrogens is 445 g/mol. The Balaban J connectivity index is 0.00000625. The number of amides is 1. The molecule has 148 valence electrons. The lowest BCUT2D eigenvalue weighted by Gasteiger charge is -2.28. The van der Waals surface area contributed by atoms with Gasteiger partial charge in [0.2, 0.25) is 0 Å². The van der Waals surface area contributed by atoms with Gasteiger partial charge in [-0.1, -0.05) is 20.8 Å². The minimum Gasteiger partial charge on any atom is -0.379 e. The van der Waals surface area contributed by atoms with Crippen molar-refractivity contribution >= 4 is 35.8 Å². The fourth-order valence-corrected chi connectivity index (χ4v) is 2.17. The fourth-order valence-electron chi connectivity index (χ4n) is 2.17. The molecule has 1 amide bonds. The van der Waals surface area contributed by atoms with Gasteiger partial charge in [0.1, 0.15) is 0 Å². The molecule has 1 unspecified atom stereocenters. The van der Waals surface area contributed by atoms with Crippen LogP contribution in [0.1, 0.15) is 38.1 Å². The highest BCUT2D eigenvalue weighted by Gasteiger charge is 2.24. The standard InChI is InChI=1S/C18H31N5O2.HI/c1-6-20-17(23-13-15(25-5)18(2,3)4)22-11-10-21-16(24)14-8-7-9-19-12-14;/h7-9,12,15H,6,10-11,13H2,1-5H3,(H,21,24)(H2,20,22,23);1H. The largest absolute Gasteiger partial charge is 0.379 e. The van der Waals surface area contributed by atoms with Crippen LogP contribution in [-0.4, -0.2) is 56.2 Å². The Morgan fingerprint density at radius 3 is 2.50 bits per heavy atom. The number of hydrogen-bond acceptors (Lipinski definition) is 4. The van der Waals surface area contributed by atoms with Crippen LogP contribution in [0.3, 0.4) is 0 Å². The Morgan fingerprint density at radius 2 is 1.96 bits per heavy atom. The number of nitrogens with zero attached hydrogens (tertiary/aromatic N) is 2. The second-order valence-electron chi connectivity index (χ2n) is 6.73. The van der Waals surface area contributed by atoms with Crippen LogP contribution in [0, 0.1) is 5.41 Å². The van der Waals surface area contributed by atoms with Crippen molar-refractivity contribution < 1.29 is 9.53 Å². The number of halogens is 1. The van der Waals surface area contributed by atoms with E-state index < -0.39 is 0 Å². The summed E-state index contributed by atoms with van der Waals surface area (Å²) in [6, 6.07) is 3.48. The molecule has 1 atom stereocenters. The molecule has 1 aromatic rings. The van der Waals surface area contributed by atoms with E-state index in [0.29, 0.717) is 31.2 Å². The van der Waals surface area contributed by atoms with Gasteiger partial charge in [0.15, 0.2) is 5.96 Å². The van der Waals surface area contributed by atoms with E-state index in [0.717, 1.165) is 6.54 Å². The number of methoxy groups -OCH3 is 1. The average molecular weight is 477 g/mol. The van der Waals surface area contributed by atoms with Crippen molar-refractivity contribution in [3.05, 3.63) is 30.1 Å². The Morgan fingerprint density at radius 1 is 1.27 bits per heavy atom. The molecule has 0 spiro atoms. The van der Waals surface area contributed by atoms with Crippen molar-refractivity contribution in [2.75, 3.05) is 33.3 Å². The predicted octanol–water partition coefficient (Wildman–Crippen LogP) is 2.05. The molecule has 1 rings (SSSR count). The maximum Gasteiger partial charge on any atom is 0.252 e. The van der Waals surface area contributed by atoms with Gasteiger partial charge in [-0.2, -0.15) is 0 Å². The zero-order chi connectivity index (χ0) is 18.7. The summed E-state index contributed by atoms with van der Waals surface area (Å²) in [6.45, 7) is 10.8. The number of nitrogens with one attached hydrogen (secondary N) is 3. The number of aromatic nitrogens is 1. The smallest absolute Gasteiger partial charge is 0.252 e. The third-order valence-electron chi connectivity index (χ3n) is 3.64. The molecule has 0 aliphatic heterocycles. The number of carbonyl (C=O) groups excluding carboxylic acids is 1. The highest BCUT2D eigenvalue weighted by molar-refractivity contribution is 14.0. The summed E-state index contributed by atoms with van der Waals surface area (Å²) in [5.74, 6) is 0.577. The summed E-state index contributed by atoms with van der Waals surface area (Å²) < 4.78 is 5.52. The molecule has 0 aliphatic rings. The van der Waals surface area contributed by atoms with E-state index in [1.807, 2.05) is 6.92 Å². The summed E-state index contributed by atoms with van der Waals surface area (Å²) in [5, 5.41) is 9.25. The lowest BCUT2D eigenvalue weighted by molar-refractivity contribution is 0.0241. The van der Waals surface area contributed by atoms with Gasteiger partial charge in [-0.3, -0.25) is 14.8 Å². The maximum atomic E-state index is 11.9. The second kappa shape index (κ2) is 12.9. The third-order valence-corrected chi connectivity index (χ3v) is 3.64. The molecule has 0 radical (unpaired) electrons. The van der Waals surface area contributed by atoms with Gasteiger partial charge in [-0.05, 0) is 24.5 Å². The fraction of sp³-hybridized carbons (Fsp3) is 0.611.